The van der Waals surface area contributed by atoms with E-state index in [1.807, 2.05) is 24.3 Å². The zero-order valence-corrected chi connectivity index (χ0v) is 13.7. The van der Waals surface area contributed by atoms with Crippen molar-refractivity contribution in [3.63, 3.8) is 0 Å². The average molecular weight is 364 g/mol. The molecule has 0 N–H and O–H groups in total. The van der Waals surface area contributed by atoms with Crippen LogP contribution in [0.2, 0.25) is 0 Å². The van der Waals surface area contributed by atoms with Crippen molar-refractivity contribution >= 4 is 33.8 Å². The van der Waals surface area contributed by atoms with Crippen molar-refractivity contribution < 1.29 is 14.4 Å². The van der Waals surface area contributed by atoms with Crippen molar-refractivity contribution in [2.75, 3.05) is 14.2 Å². The molecule has 0 heterocycles. The number of halogens is 1. The van der Waals surface area contributed by atoms with Crippen LogP contribution in [0.15, 0.2) is 40.9 Å². The fourth-order valence-corrected chi connectivity index (χ4v) is 2.35. The highest BCUT2D eigenvalue weighted by atomic mass is 79.9. The summed E-state index contributed by atoms with van der Waals surface area (Å²) in [7, 11) is 3.16. The molecule has 0 saturated heterocycles. The quantitative estimate of drug-likeness (QED) is 0.444. The van der Waals surface area contributed by atoms with Gasteiger partial charge in [0, 0.05) is 16.6 Å². The van der Waals surface area contributed by atoms with Crippen molar-refractivity contribution in [1.29, 1.82) is 0 Å². The minimum absolute atomic E-state index is 0.0736. The standard InChI is InChI=1S/C16H14BrNO4/c1-21-15-9-12(14(17)10-16(15)22-2)6-3-11-4-7-13(8-5-11)18(19)20/h3-10H,1-2H3/b6-3+. The molecule has 0 radical (unpaired) electrons. The van der Waals surface area contributed by atoms with Crippen molar-refractivity contribution in [2.24, 2.45) is 0 Å². The van der Waals surface area contributed by atoms with Crippen LogP contribution in [-0.2, 0) is 0 Å². The van der Waals surface area contributed by atoms with Gasteiger partial charge < -0.3 is 9.47 Å². The Kier molecular flexibility index (Phi) is 5.16. The van der Waals surface area contributed by atoms with Crippen LogP contribution in [-0.4, -0.2) is 19.1 Å². The second kappa shape index (κ2) is 7.09. The summed E-state index contributed by atoms with van der Waals surface area (Å²) in [6.45, 7) is 0. The molecular weight excluding hydrogens is 350 g/mol. The van der Waals surface area contributed by atoms with Gasteiger partial charge in [0.1, 0.15) is 0 Å². The van der Waals surface area contributed by atoms with Crippen molar-refractivity contribution in [2.45, 2.75) is 0 Å². The Morgan fingerprint density at radius 2 is 1.64 bits per heavy atom. The Labute approximate surface area is 136 Å². The van der Waals surface area contributed by atoms with Crippen LogP contribution in [0, 0.1) is 10.1 Å². The van der Waals surface area contributed by atoms with E-state index in [-0.39, 0.29) is 5.69 Å². The maximum absolute atomic E-state index is 10.6. The van der Waals surface area contributed by atoms with E-state index in [9.17, 15) is 10.1 Å². The van der Waals surface area contributed by atoms with Crippen molar-refractivity contribution in [3.05, 3.63) is 62.1 Å². The molecule has 0 spiro atoms. The lowest BCUT2D eigenvalue weighted by molar-refractivity contribution is -0.384. The molecule has 0 aliphatic rings. The zero-order valence-electron chi connectivity index (χ0n) is 12.1. The van der Waals surface area contributed by atoms with Gasteiger partial charge in [-0.3, -0.25) is 10.1 Å². The summed E-state index contributed by atoms with van der Waals surface area (Å²) < 4.78 is 11.4. The van der Waals surface area contributed by atoms with E-state index < -0.39 is 4.92 Å². The number of rotatable bonds is 5. The molecule has 6 heteroatoms. The van der Waals surface area contributed by atoms with E-state index in [0.717, 1.165) is 15.6 Å². The van der Waals surface area contributed by atoms with Crippen LogP contribution in [0.1, 0.15) is 11.1 Å². The van der Waals surface area contributed by atoms with Gasteiger partial charge in [-0.1, -0.05) is 28.1 Å². The third kappa shape index (κ3) is 3.65. The van der Waals surface area contributed by atoms with Crippen LogP contribution in [0.3, 0.4) is 0 Å². The predicted octanol–water partition coefficient (Wildman–Crippen LogP) is 4.54. The Bertz CT molecular complexity index is 711. The number of nitro groups is 1. The monoisotopic (exact) mass is 363 g/mol. The van der Waals surface area contributed by atoms with Gasteiger partial charge in [-0.05, 0) is 35.4 Å². The normalized spacial score (nSPS) is 10.7. The molecule has 2 rings (SSSR count). The minimum atomic E-state index is -0.418. The number of nitrogens with zero attached hydrogens (tertiary/aromatic N) is 1. The number of ether oxygens (including phenoxy) is 2. The SMILES string of the molecule is COc1cc(Br)c(/C=C/c2ccc([N+](=O)[O-])cc2)cc1OC. The highest BCUT2D eigenvalue weighted by Gasteiger charge is 2.08. The lowest BCUT2D eigenvalue weighted by Gasteiger charge is -2.09. The molecule has 2 aromatic carbocycles. The smallest absolute Gasteiger partial charge is 0.269 e. The topological polar surface area (TPSA) is 61.6 Å². The molecule has 2 aromatic rings. The van der Waals surface area contributed by atoms with E-state index in [2.05, 4.69) is 15.9 Å². The first-order chi connectivity index (χ1) is 10.5. The number of hydrogen-bond donors (Lipinski definition) is 0. The molecule has 5 nitrogen and oxygen atoms in total. The first kappa shape index (κ1) is 16.0. The molecule has 0 amide bonds. The number of nitro benzene ring substituents is 1. The van der Waals surface area contributed by atoms with Gasteiger partial charge in [-0.2, -0.15) is 0 Å². The number of methoxy groups -OCH3 is 2. The van der Waals surface area contributed by atoms with E-state index in [1.165, 1.54) is 12.1 Å². The first-order valence-electron chi connectivity index (χ1n) is 6.39. The van der Waals surface area contributed by atoms with Gasteiger partial charge in [-0.15, -0.1) is 0 Å². The van der Waals surface area contributed by atoms with E-state index in [0.29, 0.717) is 11.5 Å². The summed E-state index contributed by atoms with van der Waals surface area (Å²) in [5.74, 6) is 1.27. The summed E-state index contributed by atoms with van der Waals surface area (Å²) in [4.78, 5) is 10.2. The molecule has 0 saturated carbocycles. The fraction of sp³-hybridized carbons (Fsp3) is 0.125. The lowest BCUT2D eigenvalue weighted by Crippen LogP contribution is -1.91. The minimum Gasteiger partial charge on any atom is -0.493 e. The second-order valence-corrected chi connectivity index (χ2v) is 5.27. The molecule has 0 bridgehead atoms. The van der Waals surface area contributed by atoms with Crippen LogP contribution >= 0.6 is 15.9 Å². The van der Waals surface area contributed by atoms with E-state index in [4.69, 9.17) is 9.47 Å². The summed E-state index contributed by atoms with van der Waals surface area (Å²) in [5.41, 5.74) is 1.85. The summed E-state index contributed by atoms with van der Waals surface area (Å²) in [6.07, 6.45) is 3.77. The summed E-state index contributed by atoms with van der Waals surface area (Å²) >= 11 is 3.48. The molecule has 0 aliphatic heterocycles. The Morgan fingerprint density at radius 3 is 2.18 bits per heavy atom. The van der Waals surface area contributed by atoms with Gasteiger partial charge in [0.15, 0.2) is 11.5 Å². The molecule has 0 aromatic heterocycles. The van der Waals surface area contributed by atoms with Crippen LogP contribution < -0.4 is 9.47 Å². The second-order valence-electron chi connectivity index (χ2n) is 4.41. The lowest BCUT2D eigenvalue weighted by atomic mass is 10.1. The van der Waals surface area contributed by atoms with Gasteiger partial charge in [0.25, 0.3) is 5.69 Å². The number of benzene rings is 2. The maximum atomic E-state index is 10.6. The van der Waals surface area contributed by atoms with Crippen molar-refractivity contribution in [1.82, 2.24) is 0 Å². The predicted molar refractivity (Wildman–Crippen MR) is 89.3 cm³/mol. The van der Waals surface area contributed by atoms with E-state index in [1.54, 1.807) is 26.4 Å². The number of non-ortho nitro benzene ring substituents is 1. The largest absolute Gasteiger partial charge is 0.493 e. The maximum Gasteiger partial charge on any atom is 0.269 e. The number of hydrogen-bond acceptors (Lipinski definition) is 4. The Morgan fingerprint density at radius 1 is 1.05 bits per heavy atom. The van der Waals surface area contributed by atoms with Gasteiger partial charge in [0.2, 0.25) is 0 Å². The van der Waals surface area contributed by atoms with Gasteiger partial charge >= 0.3 is 0 Å². The van der Waals surface area contributed by atoms with Crippen LogP contribution in [0.25, 0.3) is 12.2 Å². The van der Waals surface area contributed by atoms with Crippen LogP contribution in [0.4, 0.5) is 5.69 Å². The molecular formula is C16H14BrNO4. The third-order valence-electron chi connectivity index (χ3n) is 3.06. The highest BCUT2D eigenvalue weighted by Crippen LogP contribution is 2.34. The molecule has 22 heavy (non-hydrogen) atoms. The van der Waals surface area contributed by atoms with Crippen molar-refractivity contribution in [3.8, 4) is 11.5 Å². The zero-order chi connectivity index (χ0) is 16.1. The third-order valence-corrected chi connectivity index (χ3v) is 3.75. The Balaban J connectivity index is 2.27. The molecule has 0 aliphatic carbocycles. The average Bonchev–Trinajstić information content (AvgIpc) is 2.53. The van der Waals surface area contributed by atoms with E-state index >= 15 is 0 Å². The fourth-order valence-electron chi connectivity index (χ4n) is 1.89. The van der Waals surface area contributed by atoms with Gasteiger partial charge in [0.05, 0.1) is 19.1 Å². The van der Waals surface area contributed by atoms with Crippen LogP contribution in [0.5, 0.6) is 11.5 Å². The molecule has 0 unspecified atom stereocenters. The Hall–Kier alpha value is -2.34. The summed E-state index contributed by atoms with van der Waals surface area (Å²) in [6, 6.07) is 10.0. The molecule has 114 valence electrons. The van der Waals surface area contributed by atoms with Gasteiger partial charge in [-0.25, -0.2) is 0 Å². The molecule has 0 atom stereocenters. The highest BCUT2D eigenvalue weighted by molar-refractivity contribution is 9.10. The molecule has 0 fully saturated rings. The first-order valence-corrected chi connectivity index (χ1v) is 7.18. The summed E-state index contributed by atoms with van der Waals surface area (Å²) in [5, 5.41) is 10.6.